The van der Waals surface area contributed by atoms with Crippen molar-refractivity contribution < 1.29 is 14.2 Å². The minimum atomic E-state index is 0.245. The molecular formula is C17H27NO3. The quantitative estimate of drug-likeness (QED) is 0.748. The van der Waals surface area contributed by atoms with Crippen LogP contribution in [0.2, 0.25) is 0 Å². The third kappa shape index (κ3) is 5.65. The number of rotatable bonds is 8. The van der Waals surface area contributed by atoms with Crippen LogP contribution in [0.15, 0.2) is 18.2 Å². The molecule has 118 valence electrons. The van der Waals surface area contributed by atoms with E-state index in [4.69, 9.17) is 14.2 Å². The Balaban J connectivity index is 1.87. The maximum absolute atomic E-state index is 5.99. The van der Waals surface area contributed by atoms with Crippen LogP contribution in [-0.2, 0) is 16.0 Å². The largest absolute Gasteiger partial charge is 0.491 e. The molecule has 1 heterocycles. The van der Waals surface area contributed by atoms with Gasteiger partial charge in [0, 0.05) is 32.4 Å². The Hall–Kier alpha value is -1.10. The summed E-state index contributed by atoms with van der Waals surface area (Å²) in [7, 11) is 1.72. The predicted molar refractivity (Wildman–Crippen MR) is 83.8 cm³/mol. The Labute approximate surface area is 127 Å². The zero-order valence-corrected chi connectivity index (χ0v) is 13.2. The second kappa shape index (κ2) is 9.03. The van der Waals surface area contributed by atoms with Crippen LogP contribution in [0, 0.1) is 6.92 Å². The van der Waals surface area contributed by atoms with E-state index in [0.717, 1.165) is 38.5 Å². The molecule has 0 spiro atoms. The number of methoxy groups -OCH3 is 1. The zero-order chi connectivity index (χ0) is 14.9. The van der Waals surface area contributed by atoms with Gasteiger partial charge < -0.3 is 19.5 Å². The summed E-state index contributed by atoms with van der Waals surface area (Å²) in [5.41, 5.74) is 2.45. The van der Waals surface area contributed by atoms with Crippen molar-refractivity contribution in [2.75, 3.05) is 33.5 Å². The molecule has 0 aromatic heterocycles. The topological polar surface area (TPSA) is 39.7 Å². The van der Waals surface area contributed by atoms with Gasteiger partial charge in [0.1, 0.15) is 12.4 Å². The summed E-state index contributed by atoms with van der Waals surface area (Å²) in [6, 6.07) is 6.33. The highest BCUT2D eigenvalue weighted by molar-refractivity contribution is 5.36. The lowest BCUT2D eigenvalue weighted by Gasteiger charge is -2.23. The van der Waals surface area contributed by atoms with E-state index in [-0.39, 0.29) is 6.10 Å². The van der Waals surface area contributed by atoms with Crippen LogP contribution in [0.1, 0.15) is 30.4 Å². The van der Waals surface area contributed by atoms with Gasteiger partial charge in [-0.1, -0.05) is 17.7 Å². The van der Waals surface area contributed by atoms with E-state index in [9.17, 15) is 0 Å². The Bertz CT molecular complexity index is 416. The number of nitrogens with one attached hydrogen (secondary N) is 1. The Morgan fingerprint density at radius 2 is 2.24 bits per heavy atom. The van der Waals surface area contributed by atoms with Crippen molar-refractivity contribution in [1.29, 1.82) is 0 Å². The molecule has 0 saturated carbocycles. The maximum atomic E-state index is 5.99. The van der Waals surface area contributed by atoms with Crippen molar-refractivity contribution in [2.24, 2.45) is 0 Å². The standard InChI is InChI=1S/C17H27NO3/c1-14-6-7-17(15(11-14)12-18-8-10-19-2)21-13-16-5-3-4-9-20-16/h6-7,11,16,18H,3-5,8-10,12-13H2,1-2H3. The van der Waals surface area contributed by atoms with Crippen molar-refractivity contribution in [3.05, 3.63) is 29.3 Å². The lowest BCUT2D eigenvalue weighted by Crippen LogP contribution is -2.26. The van der Waals surface area contributed by atoms with Crippen LogP contribution in [0.3, 0.4) is 0 Å². The first-order chi connectivity index (χ1) is 10.3. The molecular weight excluding hydrogens is 266 g/mol. The first-order valence-corrected chi connectivity index (χ1v) is 7.83. The lowest BCUT2D eigenvalue weighted by molar-refractivity contribution is -0.0112. The highest BCUT2D eigenvalue weighted by atomic mass is 16.5. The van der Waals surface area contributed by atoms with Gasteiger partial charge in [-0.05, 0) is 32.3 Å². The molecule has 1 aromatic carbocycles. The van der Waals surface area contributed by atoms with Crippen molar-refractivity contribution in [3.63, 3.8) is 0 Å². The second-order valence-electron chi connectivity index (χ2n) is 5.58. The van der Waals surface area contributed by atoms with Crippen LogP contribution < -0.4 is 10.1 Å². The van der Waals surface area contributed by atoms with E-state index >= 15 is 0 Å². The van der Waals surface area contributed by atoms with E-state index < -0.39 is 0 Å². The summed E-state index contributed by atoms with van der Waals surface area (Å²) in [6.45, 7) is 5.98. The van der Waals surface area contributed by atoms with Crippen LogP contribution in [-0.4, -0.2) is 39.6 Å². The molecule has 4 nitrogen and oxygen atoms in total. The molecule has 1 aromatic rings. The van der Waals surface area contributed by atoms with Crippen LogP contribution in [0.4, 0.5) is 0 Å². The van der Waals surface area contributed by atoms with Gasteiger partial charge in [-0.25, -0.2) is 0 Å². The molecule has 1 N–H and O–H groups in total. The molecule has 0 aliphatic carbocycles. The molecule has 21 heavy (non-hydrogen) atoms. The molecule has 1 unspecified atom stereocenters. The van der Waals surface area contributed by atoms with Gasteiger partial charge in [-0.3, -0.25) is 0 Å². The normalized spacial score (nSPS) is 18.7. The number of ether oxygens (including phenoxy) is 3. The number of hydrogen-bond donors (Lipinski definition) is 1. The van der Waals surface area contributed by atoms with Crippen molar-refractivity contribution in [1.82, 2.24) is 5.32 Å². The fourth-order valence-electron chi connectivity index (χ4n) is 2.51. The molecule has 4 heteroatoms. The Morgan fingerprint density at radius 1 is 1.33 bits per heavy atom. The van der Waals surface area contributed by atoms with E-state index in [1.54, 1.807) is 7.11 Å². The Kier molecular flexibility index (Phi) is 7.00. The molecule has 1 fully saturated rings. The van der Waals surface area contributed by atoms with Gasteiger partial charge in [0.05, 0.1) is 12.7 Å². The highest BCUT2D eigenvalue weighted by Gasteiger charge is 2.15. The van der Waals surface area contributed by atoms with Crippen LogP contribution in [0.5, 0.6) is 5.75 Å². The molecule has 1 aliphatic heterocycles. The van der Waals surface area contributed by atoms with E-state index in [2.05, 4.69) is 30.4 Å². The summed E-state index contributed by atoms with van der Waals surface area (Å²) in [4.78, 5) is 0. The van der Waals surface area contributed by atoms with E-state index in [1.165, 1.54) is 24.0 Å². The van der Waals surface area contributed by atoms with Gasteiger partial charge in [0.25, 0.3) is 0 Å². The van der Waals surface area contributed by atoms with Gasteiger partial charge >= 0.3 is 0 Å². The molecule has 0 bridgehead atoms. The lowest BCUT2D eigenvalue weighted by atomic mass is 10.1. The Morgan fingerprint density at radius 3 is 3.00 bits per heavy atom. The highest BCUT2D eigenvalue weighted by Crippen LogP contribution is 2.21. The maximum Gasteiger partial charge on any atom is 0.123 e. The van der Waals surface area contributed by atoms with Crippen LogP contribution >= 0.6 is 0 Å². The molecule has 1 aliphatic rings. The summed E-state index contributed by atoms with van der Waals surface area (Å²) >= 11 is 0. The van der Waals surface area contributed by atoms with Gasteiger partial charge in [-0.15, -0.1) is 0 Å². The fraction of sp³-hybridized carbons (Fsp3) is 0.647. The first-order valence-electron chi connectivity index (χ1n) is 7.83. The van der Waals surface area contributed by atoms with Gasteiger partial charge in [0.15, 0.2) is 0 Å². The summed E-state index contributed by atoms with van der Waals surface area (Å²) in [5.74, 6) is 0.958. The number of aryl methyl sites for hydroxylation is 1. The summed E-state index contributed by atoms with van der Waals surface area (Å²) in [5, 5.41) is 3.37. The number of hydrogen-bond acceptors (Lipinski definition) is 4. The van der Waals surface area contributed by atoms with E-state index in [1.807, 2.05) is 0 Å². The molecule has 1 saturated heterocycles. The van der Waals surface area contributed by atoms with Gasteiger partial charge in [-0.2, -0.15) is 0 Å². The molecule has 2 rings (SSSR count). The smallest absolute Gasteiger partial charge is 0.123 e. The number of benzene rings is 1. The predicted octanol–water partition coefficient (Wildman–Crippen LogP) is 2.68. The van der Waals surface area contributed by atoms with E-state index in [0.29, 0.717) is 6.61 Å². The molecule has 0 radical (unpaired) electrons. The second-order valence-corrected chi connectivity index (χ2v) is 5.58. The SMILES string of the molecule is COCCNCc1cc(C)ccc1OCC1CCCCO1. The third-order valence-electron chi connectivity index (χ3n) is 3.71. The average molecular weight is 293 g/mol. The van der Waals surface area contributed by atoms with Crippen LogP contribution in [0.25, 0.3) is 0 Å². The van der Waals surface area contributed by atoms with Crippen molar-refractivity contribution in [3.8, 4) is 5.75 Å². The minimum Gasteiger partial charge on any atom is -0.491 e. The van der Waals surface area contributed by atoms with Crippen molar-refractivity contribution in [2.45, 2.75) is 38.8 Å². The minimum absolute atomic E-state index is 0.245. The monoisotopic (exact) mass is 293 g/mol. The molecule has 1 atom stereocenters. The zero-order valence-electron chi connectivity index (χ0n) is 13.2. The summed E-state index contributed by atoms with van der Waals surface area (Å²) < 4.78 is 16.8. The molecule has 0 amide bonds. The van der Waals surface area contributed by atoms with Gasteiger partial charge in [0.2, 0.25) is 0 Å². The first kappa shape index (κ1) is 16.3. The fourth-order valence-corrected chi connectivity index (χ4v) is 2.51. The average Bonchev–Trinajstić information content (AvgIpc) is 2.52. The van der Waals surface area contributed by atoms with Crippen molar-refractivity contribution >= 4 is 0 Å². The third-order valence-corrected chi connectivity index (χ3v) is 3.71. The summed E-state index contributed by atoms with van der Waals surface area (Å²) in [6.07, 6.45) is 3.77.